The number of rotatable bonds is 9. The van der Waals surface area contributed by atoms with Gasteiger partial charge in [-0.2, -0.15) is 13.2 Å². The number of amides is 2. The van der Waals surface area contributed by atoms with Crippen molar-refractivity contribution >= 4 is 35.0 Å². The second-order valence-electron chi connectivity index (χ2n) is 7.63. The van der Waals surface area contributed by atoms with Gasteiger partial charge in [0.05, 0.1) is 25.0 Å². The van der Waals surface area contributed by atoms with Crippen molar-refractivity contribution in [2.75, 3.05) is 24.9 Å². The van der Waals surface area contributed by atoms with Gasteiger partial charge < -0.3 is 20.1 Å². The van der Waals surface area contributed by atoms with E-state index < -0.39 is 22.9 Å². The first-order valence-corrected chi connectivity index (χ1v) is 11.8. The van der Waals surface area contributed by atoms with Crippen LogP contribution in [0.5, 0.6) is 11.5 Å². The summed E-state index contributed by atoms with van der Waals surface area (Å²) in [6.45, 7) is 1.81. The van der Waals surface area contributed by atoms with E-state index in [1.165, 1.54) is 38.1 Å². The molecule has 0 spiro atoms. The van der Waals surface area contributed by atoms with Crippen LogP contribution in [0.2, 0.25) is 0 Å². The summed E-state index contributed by atoms with van der Waals surface area (Å²) in [4.78, 5) is 26.2. The van der Waals surface area contributed by atoms with Crippen molar-refractivity contribution in [3.63, 3.8) is 0 Å². The second kappa shape index (κ2) is 11.9. The summed E-state index contributed by atoms with van der Waals surface area (Å²) in [5, 5.41) is 4.82. The molecule has 6 nitrogen and oxygen atoms in total. The number of thioether (sulfide) groups is 1. The molecule has 0 heterocycles. The predicted octanol–water partition coefficient (Wildman–Crippen LogP) is 6.48. The number of alkyl halides is 3. The zero-order valence-corrected chi connectivity index (χ0v) is 20.6. The van der Waals surface area contributed by atoms with Crippen LogP contribution in [0.1, 0.15) is 29.3 Å². The molecule has 0 aromatic heterocycles. The smallest absolute Gasteiger partial charge is 0.416 e. The molecule has 1 unspecified atom stereocenters. The number of anilines is 2. The Kier molecular flexibility index (Phi) is 8.87. The molecule has 0 saturated heterocycles. The Balaban J connectivity index is 1.68. The van der Waals surface area contributed by atoms with Gasteiger partial charge in [0.25, 0.3) is 5.91 Å². The van der Waals surface area contributed by atoms with E-state index in [4.69, 9.17) is 9.47 Å². The predicted molar refractivity (Wildman–Crippen MR) is 134 cm³/mol. The second-order valence-corrected chi connectivity index (χ2v) is 8.91. The van der Waals surface area contributed by atoms with Gasteiger partial charge in [0, 0.05) is 21.8 Å². The first-order valence-electron chi connectivity index (χ1n) is 10.9. The molecule has 36 heavy (non-hydrogen) atoms. The third-order valence-corrected chi connectivity index (χ3v) is 6.49. The van der Waals surface area contributed by atoms with E-state index >= 15 is 0 Å². The summed E-state index contributed by atoms with van der Waals surface area (Å²) in [5.41, 5.74) is 0.134. The molecule has 3 aromatic carbocycles. The molecule has 3 aromatic rings. The van der Waals surface area contributed by atoms with Gasteiger partial charge in [-0.3, -0.25) is 9.59 Å². The Morgan fingerprint density at radius 3 is 2.19 bits per heavy atom. The lowest BCUT2D eigenvalue weighted by molar-refractivity contribution is -0.137. The van der Waals surface area contributed by atoms with Crippen LogP contribution in [0.4, 0.5) is 24.5 Å². The Hall–Kier alpha value is -3.66. The van der Waals surface area contributed by atoms with Crippen molar-refractivity contribution in [2.24, 2.45) is 0 Å². The molecule has 2 N–H and O–H groups in total. The van der Waals surface area contributed by atoms with E-state index in [1.807, 2.05) is 6.92 Å². The fourth-order valence-corrected chi connectivity index (χ4v) is 4.32. The SMILES string of the molecule is CCC(Sc1cccc(NC(=O)c2ccc(OC)c(OC)c2)c1)C(=O)Nc1cccc(C(F)(F)F)c1. The van der Waals surface area contributed by atoms with E-state index in [-0.39, 0.29) is 11.6 Å². The molecule has 190 valence electrons. The minimum Gasteiger partial charge on any atom is -0.493 e. The Labute approximate surface area is 211 Å². The van der Waals surface area contributed by atoms with Crippen LogP contribution >= 0.6 is 11.8 Å². The van der Waals surface area contributed by atoms with Crippen LogP contribution in [0.3, 0.4) is 0 Å². The van der Waals surface area contributed by atoms with Crippen LogP contribution in [-0.4, -0.2) is 31.3 Å². The van der Waals surface area contributed by atoms with E-state index in [1.54, 1.807) is 42.5 Å². The highest BCUT2D eigenvalue weighted by Gasteiger charge is 2.30. The van der Waals surface area contributed by atoms with Crippen LogP contribution in [0.15, 0.2) is 71.6 Å². The van der Waals surface area contributed by atoms with Gasteiger partial charge in [0.1, 0.15) is 0 Å². The largest absolute Gasteiger partial charge is 0.493 e. The zero-order valence-electron chi connectivity index (χ0n) is 19.8. The number of benzene rings is 3. The summed E-state index contributed by atoms with van der Waals surface area (Å²) in [7, 11) is 2.98. The number of carbonyl (C=O) groups is 2. The fraction of sp³-hybridized carbons (Fsp3) is 0.231. The topological polar surface area (TPSA) is 76.7 Å². The molecule has 0 saturated carbocycles. The van der Waals surface area contributed by atoms with Crippen LogP contribution in [0.25, 0.3) is 0 Å². The number of hydrogen-bond donors (Lipinski definition) is 2. The quantitative estimate of drug-likeness (QED) is 0.317. The molecule has 0 aliphatic heterocycles. The standard InChI is InChI=1S/C26H25F3N2O4S/c1-4-23(25(33)31-18-8-5-7-17(14-18)26(27,28)29)36-20-10-6-9-19(15-20)30-24(32)16-11-12-21(34-2)22(13-16)35-3/h5-15,23H,4H2,1-3H3,(H,30,32)(H,31,33). The van der Waals surface area contributed by atoms with Gasteiger partial charge in [-0.15, -0.1) is 11.8 Å². The average molecular weight is 519 g/mol. The van der Waals surface area contributed by atoms with Crippen LogP contribution < -0.4 is 20.1 Å². The molecule has 1 atom stereocenters. The van der Waals surface area contributed by atoms with Crippen molar-refractivity contribution in [2.45, 2.75) is 29.7 Å². The minimum atomic E-state index is -4.50. The molecular weight excluding hydrogens is 493 g/mol. The van der Waals surface area contributed by atoms with Crippen molar-refractivity contribution in [1.29, 1.82) is 0 Å². The van der Waals surface area contributed by atoms with Gasteiger partial charge in [-0.25, -0.2) is 0 Å². The first kappa shape index (κ1) is 26.9. The van der Waals surface area contributed by atoms with E-state index in [9.17, 15) is 22.8 Å². The summed E-state index contributed by atoms with van der Waals surface area (Å²) >= 11 is 1.25. The number of ether oxygens (including phenoxy) is 2. The van der Waals surface area contributed by atoms with Gasteiger partial charge in [0.15, 0.2) is 11.5 Å². The summed E-state index contributed by atoms with van der Waals surface area (Å²) in [6.07, 6.45) is -4.06. The van der Waals surface area contributed by atoms with Crippen LogP contribution in [-0.2, 0) is 11.0 Å². The monoisotopic (exact) mass is 518 g/mol. The van der Waals surface area contributed by atoms with E-state index in [0.717, 1.165) is 12.1 Å². The molecule has 0 aliphatic rings. The van der Waals surface area contributed by atoms with Gasteiger partial charge in [-0.1, -0.05) is 19.1 Å². The highest BCUT2D eigenvalue weighted by Crippen LogP contribution is 2.32. The van der Waals surface area contributed by atoms with Gasteiger partial charge in [-0.05, 0) is 61.0 Å². The normalized spacial score (nSPS) is 11.9. The highest BCUT2D eigenvalue weighted by molar-refractivity contribution is 8.00. The molecule has 10 heteroatoms. The number of halogens is 3. The average Bonchev–Trinajstić information content (AvgIpc) is 2.86. The lowest BCUT2D eigenvalue weighted by Gasteiger charge is -2.16. The number of nitrogens with one attached hydrogen (secondary N) is 2. The van der Waals surface area contributed by atoms with Crippen molar-refractivity contribution < 1.29 is 32.2 Å². The van der Waals surface area contributed by atoms with Gasteiger partial charge >= 0.3 is 6.18 Å². The molecule has 0 aliphatic carbocycles. The third kappa shape index (κ3) is 6.94. The van der Waals surface area contributed by atoms with Crippen molar-refractivity contribution in [3.05, 3.63) is 77.9 Å². The zero-order chi connectivity index (χ0) is 26.3. The molecule has 0 bridgehead atoms. The van der Waals surface area contributed by atoms with Crippen LogP contribution in [0, 0.1) is 0 Å². The lowest BCUT2D eigenvalue weighted by Crippen LogP contribution is -2.24. The molecule has 2 amide bonds. The highest BCUT2D eigenvalue weighted by atomic mass is 32.2. The Morgan fingerprint density at radius 2 is 1.56 bits per heavy atom. The molecule has 0 radical (unpaired) electrons. The summed E-state index contributed by atoms with van der Waals surface area (Å²) in [6, 6.07) is 16.3. The summed E-state index contributed by atoms with van der Waals surface area (Å²) in [5.74, 6) is 0.155. The van der Waals surface area contributed by atoms with Crippen molar-refractivity contribution in [3.8, 4) is 11.5 Å². The maximum Gasteiger partial charge on any atom is 0.416 e. The van der Waals surface area contributed by atoms with Crippen molar-refractivity contribution in [1.82, 2.24) is 0 Å². The van der Waals surface area contributed by atoms with E-state index in [2.05, 4.69) is 10.6 Å². The number of hydrogen-bond acceptors (Lipinski definition) is 5. The molecular formula is C26H25F3N2O4S. The maximum absolute atomic E-state index is 13.0. The summed E-state index contributed by atoms with van der Waals surface area (Å²) < 4.78 is 49.3. The molecule has 3 rings (SSSR count). The fourth-order valence-electron chi connectivity index (χ4n) is 3.31. The number of methoxy groups -OCH3 is 2. The Bertz CT molecular complexity index is 1230. The third-order valence-electron chi connectivity index (χ3n) is 5.14. The number of carbonyl (C=O) groups excluding carboxylic acids is 2. The molecule has 0 fully saturated rings. The lowest BCUT2D eigenvalue weighted by atomic mass is 10.2. The minimum absolute atomic E-state index is 0.0739. The van der Waals surface area contributed by atoms with Gasteiger partial charge in [0.2, 0.25) is 5.91 Å². The first-order chi connectivity index (χ1) is 17.1. The Morgan fingerprint density at radius 1 is 0.889 bits per heavy atom. The maximum atomic E-state index is 13.0. The van der Waals surface area contributed by atoms with E-state index in [0.29, 0.717) is 34.1 Å².